The Labute approximate surface area is 168 Å². The summed E-state index contributed by atoms with van der Waals surface area (Å²) in [6.07, 6.45) is -0.211. The molecular formula is C23H21NO3S. The van der Waals surface area contributed by atoms with E-state index >= 15 is 0 Å². The lowest BCUT2D eigenvalue weighted by Crippen LogP contribution is -2.41. The standard InChI is InChI=1S/C23H21NO3S/c25-23(24-15-18-16-26-20-13-7-8-14-21(20)27-18)22(17-9-3-1-4-10-17)28-19-11-5-2-6-12-19/h1-14,18,22H,15-16H2,(H,24,25). The van der Waals surface area contributed by atoms with Gasteiger partial charge in [-0.1, -0.05) is 60.7 Å². The van der Waals surface area contributed by atoms with Gasteiger partial charge in [0.15, 0.2) is 11.5 Å². The van der Waals surface area contributed by atoms with Gasteiger partial charge in [0.05, 0.1) is 6.54 Å². The summed E-state index contributed by atoms with van der Waals surface area (Å²) >= 11 is 1.54. The van der Waals surface area contributed by atoms with Crippen LogP contribution in [0.4, 0.5) is 0 Å². The molecule has 4 rings (SSSR count). The lowest BCUT2D eigenvalue weighted by atomic mass is 10.1. The van der Waals surface area contributed by atoms with E-state index in [1.54, 1.807) is 11.8 Å². The predicted octanol–water partition coefficient (Wildman–Crippen LogP) is 4.48. The lowest BCUT2D eigenvalue weighted by Gasteiger charge is -2.27. The Morgan fingerprint density at radius 3 is 2.32 bits per heavy atom. The highest BCUT2D eigenvalue weighted by Gasteiger charge is 2.25. The first-order valence-corrected chi connectivity index (χ1v) is 10.1. The van der Waals surface area contributed by atoms with Crippen LogP contribution in [-0.2, 0) is 4.79 Å². The molecule has 0 saturated carbocycles. The predicted molar refractivity (Wildman–Crippen MR) is 111 cm³/mol. The fraction of sp³-hybridized carbons (Fsp3) is 0.174. The number of nitrogens with one attached hydrogen (secondary N) is 1. The zero-order valence-electron chi connectivity index (χ0n) is 15.3. The third-order valence-corrected chi connectivity index (χ3v) is 5.68. The van der Waals surface area contributed by atoms with Crippen LogP contribution in [0, 0.1) is 0 Å². The Bertz CT molecular complexity index is 917. The molecule has 1 amide bonds. The van der Waals surface area contributed by atoms with Crippen molar-refractivity contribution in [2.24, 2.45) is 0 Å². The molecule has 4 nitrogen and oxygen atoms in total. The van der Waals surface area contributed by atoms with Crippen molar-refractivity contribution in [3.05, 3.63) is 90.5 Å². The van der Waals surface area contributed by atoms with E-state index in [0.717, 1.165) is 16.2 Å². The number of carbonyl (C=O) groups excluding carboxylic acids is 1. The summed E-state index contributed by atoms with van der Waals surface area (Å²) in [7, 11) is 0. The minimum absolute atomic E-state index is 0.0393. The molecule has 0 saturated heterocycles. The van der Waals surface area contributed by atoms with Gasteiger partial charge in [-0.05, 0) is 29.8 Å². The normalized spacial score (nSPS) is 16.2. The number of benzene rings is 3. The molecule has 0 aromatic heterocycles. The molecule has 2 unspecified atom stereocenters. The minimum Gasteiger partial charge on any atom is -0.486 e. The molecular weight excluding hydrogens is 370 g/mol. The fourth-order valence-corrected chi connectivity index (χ4v) is 4.08. The molecule has 3 aromatic carbocycles. The Hall–Kier alpha value is -2.92. The fourth-order valence-electron chi connectivity index (χ4n) is 3.01. The van der Waals surface area contributed by atoms with E-state index in [4.69, 9.17) is 9.47 Å². The number of carbonyl (C=O) groups is 1. The molecule has 0 aliphatic carbocycles. The van der Waals surface area contributed by atoms with Crippen LogP contribution in [-0.4, -0.2) is 25.2 Å². The third kappa shape index (κ3) is 4.49. The molecule has 0 spiro atoms. The Balaban J connectivity index is 1.43. The molecule has 1 N–H and O–H groups in total. The highest BCUT2D eigenvalue weighted by atomic mass is 32.2. The summed E-state index contributed by atoms with van der Waals surface area (Å²) in [5, 5.41) is 2.70. The smallest absolute Gasteiger partial charge is 0.238 e. The summed E-state index contributed by atoms with van der Waals surface area (Å²) < 4.78 is 11.7. The van der Waals surface area contributed by atoms with E-state index < -0.39 is 0 Å². The monoisotopic (exact) mass is 391 g/mol. The highest BCUT2D eigenvalue weighted by molar-refractivity contribution is 8.00. The topological polar surface area (TPSA) is 47.6 Å². The van der Waals surface area contributed by atoms with Crippen LogP contribution in [0.3, 0.4) is 0 Å². The number of ether oxygens (including phenoxy) is 2. The van der Waals surface area contributed by atoms with Crippen molar-refractivity contribution >= 4 is 17.7 Å². The minimum atomic E-state index is -0.333. The van der Waals surface area contributed by atoms with Crippen LogP contribution in [0.5, 0.6) is 11.5 Å². The van der Waals surface area contributed by atoms with E-state index in [1.165, 1.54) is 0 Å². The Kier molecular flexibility index (Phi) is 5.83. The van der Waals surface area contributed by atoms with Crippen molar-refractivity contribution in [3.63, 3.8) is 0 Å². The quantitative estimate of drug-likeness (QED) is 0.630. The van der Waals surface area contributed by atoms with Gasteiger partial charge in [-0.25, -0.2) is 0 Å². The molecule has 142 valence electrons. The van der Waals surface area contributed by atoms with Crippen LogP contribution in [0.25, 0.3) is 0 Å². The van der Waals surface area contributed by atoms with Crippen LogP contribution in [0.1, 0.15) is 10.8 Å². The largest absolute Gasteiger partial charge is 0.486 e. The number of rotatable bonds is 6. The third-order valence-electron chi connectivity index (χ3n) is 4.41. The van der Waals surface area contributed by atoms with Gasteiger partial charge in [-0.3, -0.25) is 4.79 Å². The number of hydrogen-bond acceptors (Lipinski definition) is 4. The first-order valence-electron chi connectivity index (χ1n) is 9.22. The van der Waals surface area contributed by atoms with Crippen LogP contribution < -0.4 is 14.8 Å². The second-order valence-electron chi connectivity index (χ2n) is 6.46. The van der Waals surface area contributed by atoms with Crippen molar-refractivity contribution in [3.8, 4) is 11.5 Å². The maximum atomic E-state index is 13.0. The van der Waals surface area contributed by atoms with Gasteiger partial charge in [0.1, 0.15) is 18.0 Å². The number of amides is 1. The summed E-state index contributed by atoms with van der Waals surface area (Å²) in [5.41, 5.74) is 0.972. The molecule has 1 aliphatic rings. The van der Waals surface area contributed by atoms with Crippen molar-refractivity contribution in [1.82, 2.24) is 5.32 Å². The summed E-state index contributed by atoms with van der Waals surface area (Å²) in [6.45, 7) is 0.810. The maximum Gasteiger partial charge on any atom is 0.238 e. The van der Waals surface area contributed by atoms with E-state index in [2.05, 4.69) is 5.32 Å². The van der Waals surface area contributed by atoms with Crippen molar-refractivity contribution in [2.75, 3.05) is 13.2 Å². The first kappa shape index (κ1) is 18.4. The van der Waals surface area contributed by atoms with E-state index in [9.17, 15) is 4.79 Å². The van der Waals surface area contributed by atoms with Crippen LogP contribution >= 0.6 is 11.8 Å². The summed E-state index contributed by atoms with van der Waals surface area (Å²) in [6, 6.07) is 27.4. The molecule has 0 bridgehead atoms. The van der Waals surface area contributed by atoms with E-state index in [1.807, 2.05) is 84.9 Å². The lowest BCUT2D eigenvalue weighted by molar-refractivity contribution is -0.121. The van der Waals surface area contributed by atoms with Gasteiger partial charge >= 0.3 is 0 Å². The second-order valence-corrected chi connectivity index (χ2v) is 7.64. The first-order chi connectivity index (χ1) is 13.8. The molecule has 1 heterocycles. The second kappa shape index (κ2) is 8.85. The zero-order valence-corrected chi connectivity index (χ0v) is 16.1. The van der Waals surface area contributed by atoms with Crippen molar-refractivity contribution in [1.29, 1.82) is 0 Å². The molecule has 1 aliphatic heterocycles. The molecule has 0 radical (unpaired) electrons. The van der Waals surface area contributed by atoms with Crippen LogP contribution in [0.15, 0.2) is 89.8 Å². The number of thioether (sulfide) groups is 1. The van der Waals surface area contributed by atoms with Crippen molar-refractivity contribution in [2.45, 2.75) is 16.2 Å². The Morgan fingerprint density at radius 2 is 1.57 bits per heavy atom. The zero-order chi connectivity index (χ0) is 19.2. The van der Waals surface area contributed by atoms with Gasteiger partial charge in [-0.15, -0.1) is 11.8 Å². The summed E-state index contributed by atoms with van der Waals surface area (Å²) in [5.74, 6) is 1.42. The number of hydrogen-bond donors (Lipinski definition) is 1. The van der Waals surface area contributed by atoms with E-state index in [0.29, 0.717) is 18.9 Å². The SMILES string of the molecule is O=C(NCC1COc2ccccc2O1)C(Sc1ccccc1)c1ccccc1. The number of para-hydroxylation sites is 2. The molecule has 28 heavy (non-hydrogen) atoms. The average molecular weight is 391 g/mol. The van der Waals surface area contributed by atoms with Gasteiger partial charge in [-0.2, -0.15) is 0 Å². The number of fused-ring (bicyclic) bond motifs is 1. The maximum absolute atomic E-state index is 13.0. The van der Waals surface area contributed by atoms with Crippen LogP contribution in [0.2, 0.25) is 0 Å². The highest BCUT2D eigenvalue weighted by Crippen LogP contribution is 2.35. The van der Waals surface area contributed by atoms with Gasteiger partial charge in [0.2, 0.25) is 5.91 Å². The van der Waals surface area contributed by atoms with E-state index in [-0.39, 0.29) is 17.3 Å². The van der Waals surface area contributed by atoms with Crippen molar-refractivity contribution < 1.29 is 14.3 Å². The Morgan fingerprint density at radius 1 is 0.929 bits per heavy atom. The van der Waals surface area contributed by atoms with Gasteiger partial charge in [0.25, 0.3) is 0 Å². The van der Waals surface area contributed by atoms with Gasteiger partial charge in [0, 0.05) is 4.90 Å². The van der Waals surface area contributed by atoms with Gasteiger partial charge < -0.3 is 14.8 Å². The molecule has 2 atom stereocenters. The molecule has 0 fully saturated rings. The molecule has 5 heteroatoms. The average Bonchev–Trinajstić information content (AvgIpc) is 2.77. The summed E-state index contributed by atoms with van der Waals surface area (Å²) in [4.78, 5) is 14.1. The molecule has 3 aromatic rings.